The number of hydrogen-bond acceptors (Lipinski definition) is 5. The molecule has 3 N–H and O–H groups in total. The predicted molar refractivity (Wildman–Crippen MR) is 131 cm³/mol. The molecule has 0 saturated heterocycles. The summed E-state index contributed by atoms with van der Waals surface area (Å²) in [6.45, 7) is 2.45. The van der Waals surface area contributed by atoms with E-state index in [0.29, 0.717) is 12.1 Å². The molecule has 1 unspecified atom stereocenters. The van der Waals surface area contributed by atoms with Crippen molar-refractivity contribution in [1.82, 2.24) is 10.3 Å². The van der Waals surface area contributed by atoms with E-state index >= 15 is 0 Å². The standard InChI is InChI=1S/C27H27N3O5/c1-2-17(11-25(31)30-19-12-18(26(32)33)14-28-15-19)13-29-27(34)35-16-24-22-9-5-3-7-20(22)21-8-4-6-10-23(21)24/h3-10,12,14-15,17,24H,2,11,13,16H2,1H3,(H,29,34)(H,30,31)(H,32,33). The van der Waals surface area contributed by atoms with E-state index in [0.717, 1.165) is 11.1 Å². The molecular weight excluding hydrogens is 446 g/mol. The maximum absolute atomic E-state index is 12.4. The van der Waals surface area contributed by atoms with E-state index in [4.69, 9.17) is 9.84 Å². The van der Waals surface area contributed by atoms with E-state index in [2.05, 4.69) is 39.9 Å². The number of aromatic nitrogens is 1. The highest BCUT2D eigenvalue weighted by Gasteiger charge is 2.29. The second-order valence-corrected chi connectivity index (χ2v) is 8.50. The average Bonchev–Trinajstić information content (AvgIpc) is 3.19. The van der Waals surface area contributed by atoms with Crippen LogP contribution in [0.2, 0.25) is 0 Å². The van der Waals surface area contributed by atoms with Gasteiger partial charge in [0.05, 0.1) is 17.4 Å². The van der Waals surface area contributed by atoms with Crippen LogP contribution in [0.5, 0.6) is 0 Å². The van der Waals surface area contributed by atoms with E-state index in [-0.39, 0.29) is 42.9 Å². The minimum absolute atomic E-state index is 0.00763. The van der Waals surface area contributed by atoms with Crippen molar-refractivity contribution in [2.45, 2.75) is 25.7 Å². The number of anilines is 1. The average molecular weight is 474 g/mol. The van der Waals surface area contributed by atoms with Crippen LogP contribution >= 0.6 is 0 Å². The van der Waals surface area contributed by atoms with Crippen LogP contribution in [0.4, 0.5) is 10.5 Å². The van der Waals surface area contributed by atoms with Gasteiger partial charge in [0.25, 0.3) is 0 Å². The normalized spacial score (nSPS) is 12.8. The monoisotopic (exact) mass is 473 g/mol. The first-order valence-corrected chi connectivity index (χ1v) is 11.5. The number of hydrogen-bond donors (Lipinski definition) is 3. The number of carbonyl (C=O) groups excluding carboxylic acids is 2. The molecule has 0 radical (unpaired) electrons. The summed E-state index contributed by atoms with van der Waals surface area (Å²) in [6, 6.07) is 17.6. The van der Waals surface area contributed by atoms with E-state index < -0.39 is 12.1 Å². The molecular formula is C27H27N3O5. The molecule has 0 fully saturated rings. The Morgan fingerprint density at radius 3 is 2.31 bits per heavy atom. The molecule has 35 heavy (non-hydrogen) atoms. The summed E-state index contributed by atoms with van der Waals surface area (Å²) in [6.07, 6.45) is 2.91. The Labute approximate surface area is 203 Å². The van der Waals surface area contributed by atoms with E-state index in [9.17, 15) is 14.4 Å². The third-order valence-corrected chi connectivity index (χ3v) is 6.20. The molecule has 1 aliphatic rings. The molecule has 0 saturated carbocycles. The summed E-state index contributed by atoms with van der Waals surface area (Å²) in [4.78, 5) is 39.7. The number of nitrogens with zero attached hydrogens (tertiary/aromatic N) is 1. The van der Waals surface area contributed by atoms with Gasteiger partial charge in [0.15, 0.2) is 0 Å². The van der Waals surface area contributed by atoms with Crippen molar-refractivity contribution >= 4 is 23.7 Å². The van der Waals surface area contributed by atoms with Gasteiger partial charge in [-0.2, -0.15) is 0 Å². The van der Waals surface area contributed by atoms with Crippen molar-refractivity contribution in [1.29, 1.82) is 0 Å². The molecule has 1 aromatic heterocycles. The predicted octanol–water partition coefficient (Wildman–Crippen LogP) is 4.67. The second kappa shape index (κ2) is 10.8. The van der Waals surface area contributed by atoms with Gasteiger partial charge in [0.2, 0.25) is 5.91 Å². The molecule has 4 rings (SSSR count). The van der Waals surface area contributed by atoms with Gasteiger partial charge < -0.3 is 20.5 Å². The summed E-state index contributed by atoms with van der Waals surface area (Å²) >= 11 is 0. The van der Waals surface area contributed by atoms with Crippen molar-refractivity contribution in [2.75, 3.05) is 18.5 Å². The lowest BCUT2D eigenvalue weighted by molar-refractivity contribution is -0.117. The van der Waals surface area contributed by atoms with Gasteiger partial charge in [0.1, 0.15) is 6.61 Å². The number of benzene rings is 2. The smallest absolute Gasteiger partial charge is 0.407 e. The Morgan fingerprint density at radius 1 is 1.03 bits per heavy atom. The van der Waals surface area contributed by atoms with Crippen LogP contribution < -0.4 is 10.6 Å². The number of carboxylic acids is 1. The quantitative estimate of drug-likeness (QED) is 0.416. The van der Waals surface area contributed by atoms with Crippen LogP contribution in [-0.2, 0) is 9.53 Å². The van der Waals surface area contributed by atoms with Gasteiger partial charge in [-0.25, -0.2) is 9.59 Å². The first-order chi connectivity index (χ1) is 17.0. The Balaban J connectivity index is 1.28. The minimum atomic E-state index is -1.12. The SMILES string of the molecule is CCC(CNC(=O)OCC1c2ccccc2-c2ccccc21)CC(=O)Nc1cncc(C(=O)O)c1. The summed E-state index contributed by atoms with van der Waals surface area (Å²) in [5.41, 5.74) is 4.93. The molecule has 0 bridgehead atoms. The largest absolute Gasteiger partial charge is 0.478 e. The van der Waals surface area contributed by atoms with Crippen LogP contribution in [0.25, 0.3) is 11.1 Å². The van der Waals surface area contributed by atoms with Crippen molar-refractivity contribution in [3.63, 3.8) is 0 Å². The minimum Gasteiger partial charge on any atom is -0.478 e. The Morgan fingerprint density at radius 2 is 1.69 bits per heavy atom. The first kappa shape index (κ1) is 23.9. The summed E-state index contributed by atoms with van der Waals surface area (Å²) in [7, 11) is 0. The van der Waals surface area contributed by atoms with Crippen molar-refractivity contribution in [3.8, 4) is 11.1 Å². The Kier molecular flexibility index (Phi) is 7.40. The number of rotatable bonds is 9. The highest BCUT2D eigenvalue weighted by atomic mass is 16.5. The number of pyridine rings is 1. The fraction of sp³-hybridized carbons (Fsp3) is 0.259. The van der Waals surface area contributed by atoms with Gasteiger partial charge in [-0.15, -0.1) is 0 Å². The number of carboxylic acid groups (broad SMARTS) is 1. The van der Waals surface area contributed by atoms with E-state index in [1.165, 1.54) is 29.6 Å². The number of nitrogens with one attached hydrogen (secondary N) is 2. The van der Waals surface area contributed by atoms with Crippen molar-refractivity contribution < 1.29 is 24.2 Å². The van der Waals surface area contributed by atoms with Crippen LogP contribution in [-0.4, -0.2) is 41.2 Å². The Hall–Kier alpha value is -4.20. The van der Waals surface area contributed by atoms with Crippen molar-refractivity contribution in [3.05, 3.63) is 83.7 Å². The molecule has 1 aliphatic carbocycles. The number of aromatic carboxylic acids is 1. The third kappa shape index (κ3) is 5.66. The molecule has 0 spiro atoms. The highest BCUT2D eigenvalue weighted by Crippen LogP contribution is 2.44. The molecule has 8 nitrogen and oxygen atoms in total. The van der Waals surface area contributed by atoms with Crippen LogP contribution in [0.3, 0.4) is 0 Å². The number of alkyl carbamates (subject to hydrolysis) is 1. The maximum Gasteiger partial charge on any atom is 0.407 e. The van der Waals surface area contributed by atoms with Crippen LogP contribution in [0, 0.1) is 5.92 Å². The number of fused-ring (bicyclic) bond motifs is 3. The molecule has 2 aromatic carbocycles. The van der Waals surface area contributed by atoms with Gasteiger partial charge >= 0.3 is 12.1 Å². The maximum atomic E-state index is 12.4. The molecule has 0 aliphatic heterocycles. The van der Waals surface area contributed by atoms with E-state index in [1.54, 1.807) is 0 Å². The van der Waals surface area contributed by atoms with Crippen LogP contribution in [0.1, 0.15) is 47.2 Å². The van der Waals surface area contributed by atoms with E-state index in [1.807, 2.05) is 31.2 Å². The topological polar surface area (TPSA) is 118 Å². The zero-order chi connectivity index (χ0) is 24.8. The van der Waals surface area contributed by atoms with Gasteiger partial charge in [-0.1, -0.05) is 61.9 Å². The molecule has 1 heterocycles. The molecule has 8 heteroatoms. The molecule has 180 valence electrons. The summed E-state index contributed by atoms with van der Waals surface area (Å²) in [5.74, 6) is -1.52. The summed E-state index contributed by atoms with van der Waals surface area (Å²) < 4.78 is 5.56. The number of carbonyl (C=O) groups is 3. The number of amides is 2. The summed E-state index contributed by atoms with van der Waals surface area (Å²) in [5, 5.41) is 14.5. The fourth-order valence-corrected chi connectivity index (χ4v) is 4.34. The lowest BCUT2D eigenvalue weighted by Gasteiger charge is -2.17. The molecule has 3 aromatic rings. The van der Waals surface area contributed by atoms with Gasteiger partial charge in [0, 0.05) is 25.1 Å². The lowest BCUT2D eigenvalue weighted by Crippen LogP contribution is -2.32. The third-order valence-electron chi connectivity index (χ3n) is 6.20. The van der Waals surface area contributed by atoms with Crippen molar-refractivity contribution in [2.24, 2.45) is 5.92 Å². The molecule has 1 atom stereocenters. The van der Waals surface area contributed by atoms with Gasteiger partial charge in [-0.05, 0) is 34.2 Å². The second-order valence-electron chi connectivity index (χ2n) is 8.50. The van der Waals surface area contributed by atoms with Crippen LogP contribution in [0.15, 0.2) is 67.0 Å². The lowest BCUT2D eigenvalue weighted by atomic mass is 9.98. The zero-order valence-electron chi connectivity index (χ0n) is 19.4. The molecule has 2 amide bonds. The van der Waals surface area contributed by atoms with Gasteiger partial charge in [-0.3, -0.25) is 9.78 Å². The Bertz CT molecular complexity index is 1200. The highest BCUT2D eigenvalue weighted by molar-refractivity contribution is 5.93. The zero-order valence-corrected chi connectivity index (χ0v) is 19.4. The number of ether oxygens (including phenoxy) is 1. The fourth-order valence-electron chi connectivity index (χ4n) is 4.34. The first-order valence-electron chi connectivity index (χ1n) is 11.5.